The van der Waals surface area contributed by atoms with Gasteiger partial charge in [0.25, 0.3) is 0 Å². The number of benzene rings is 1. The molecule has 0 aliphatic heterocycles. The largest absolute Gasteiger partial charge is 0.482 e. The highest BCUT2D eigenvalue weighted by Crippen LogP contribution is 2.48. The Bertz CT molecular complexity index is 1270. The number of unbranched alkanes of at least 4 members (excludes halogenated alkanes) is 5. The van der Waals surface area contributed by atoms with Gasteiger partial charge in [0.1, 0.15) is 11.8 Å². The summed E-state index contributed by atoms with van der Waals surface area (Å²) in [7, 11) is 0. The van der Waals surface area contributed by atoms with E-state index in [0.29, 0.717) is 37.1 Å². The maximum Gasteiger partial charge on any atom is 0.341 e. The molecule has 3 aliphatic carbocycles. The Labute approximate surface area is 316 Å². The van der Waals surface area contributed by atoms with Gasteiger partial charge in [-0.2, -0.15) is 12.6 Å². The van der Waals surface area contributed by atoms with E-state index in [4.69, 9.17) is 15.6 Å². The summed E-state index contributed by atoms with van der Waals surface area (Å²) in [6, 6.07) is 5.24. The average Bonchev–Trinajstić information content (AvgIpc) is 3.54. The normalized spacial score (nSPS) is 23.2. The van der Waals surface area contributed by atoms with E-state index in [2.05, 4.69) is 36.3 Å². The topological polar surface area (TPSA) is 188 Å². The van der Waals surface area contributed by atoms with Crippen LogP contribution in [-0.2, 0) is 32.0 Å². The third-order valence-corrected chi connectivity index (χ3v) is 11.6. The van der Waals surface area contributed by atoms with E-state index in [1.54, 1.807) is 0 Å². The van der Waals surface area contributed by atoms with Crippen LogP contribution in [-0.4, -0.2) is 76.7 Å². The molecule has 0 saturated heterocycles. The summed E-state index contributed by atoms with van der Waals surface area (Å²) in [5.74, 6) is -0.128. The molecule has 3 aliphatic rings. The molecule has 2 saturated carbocycles. The summed E-state index contributed by atoms with van der Waals surface area (Å²) < 4.78 is 5.53. The van der Waals surface area contributed by atoms with Gasteiger partial charge in [0, 0.05) is 13.1 Å². The number of carbonyl (C=O) groups is 4. The molecule has 7 unspecified atom stereocenters. The number of fused-ring (bicyclic) bond motifs is 2. The number of nitrogens with two attached hydrogens (primary N) is 1. The van der Waals surface area contributed by atoms with Crippen molar-refractivity contribution in [2.24, 2.45) is 35.3 Å². The van der Waals surface area contributed by atoms with Gasteiger partial charge < -0.3 is 36.4 Å². The molecule has 52 heavy (non-hydrogen) atoms. The highest BCUT2D eigenvalue weighted by molar-refractivity contribution is 7.80. The molecule has 2 fully saturated rings. The minimum atomic E-state index is -0.949. The van der Waals surface area contributed by atoms with Crippen LogP contribution < -0.4 is 21.1 Å². The fourth-order valence-electron chi connectivity index (χ4n) is 8.37. The zero-order valence-corrected chi connectivity index (χ0v) is 32.1. The van der Waals surface area contributed by atoms with Crippen molar-refractivity contribution < 1.29 is 39.2 Å². The van der Waals surface area contributed by atoms with Gasteiger partial charge in [-0.05, 0) is 111 Å². The molecule has 0 spiro atoms. The predicted octanol–water partition coefficient (Wildman–Crippen LogP) is 5.54. The molecule has 11 nitrogen and oxygen atoms in total. The number of hydrogen-bond acceptors (Lipinski definition) is 8. The highest BCUT2D eigenvalue weighted by atomic mass is 32.1. The van der Waals surface area contributed by atoms with Crippen molar-refractivity contribution in [2.45, 2.75) is 135 Å². The molecule has 294 valence electrons. The Hall–Kier alpha value is -2.83. The van der Waals surface area contributed by atoms with E-state index in [1.807, 2.05) is 12.1 Å². The number of aliphatic carboxylic acids is 2. The monoisotopic (exact) mass is 747 g/mol. The van der Waals surface area contributed by atoms with Crippen molar-refractivity contribution in [3.63, 3.8) is 0 Å². The number of carboxylic acid groups (broad SMARTS) is 2. The van der Waals surface area contributed by atoms with E-state index >= 15 is 0 Å². The lowest BCUT2D eigenvalue weighted by Gasteiger charge is -2.32. The van der Waals surface area contributed by atoms with Crippen LogP contribution in [0, 0.1) is 29.6 Å². The number of rotatable bonds is 21. The average molecular weight is 748 g/mol. The number of amides is 2. The summed E-state index contributed by atoms with van der Waals surface area (Å²) in [5, 5.41) is 33.8. The lowest BCUT2D eigenvalue weighted by Crippen LogP contribution is -2.53. The molecule has 1 aromatic rings. The van der Waals surface area contributed by atoms with Gasteiger partial charge in [0.15, 0.2) is 6.61 Å². The van der Waals surface area contributed by atoms with E-state index < -0.39 is 29.8 Å². The molecule has 7 N–H and O–H groups in total. The Morgan fingerprint density at radius 1 is 0.942 bits per heavy atom. The molecular weight excluding hydrogens is 683 g/mol. The minimum Gasteiger partial charge on any atom is -0.482 e. The number of ether oxygens (including phenoxy) is 1. The quantitative estimate of drug-likeness (QED) is 0.0626. The Morgan fingerprint density at radius 2 is 1.69 bits per heavy atom. The number of carbonyl (C=O) groups excluding carboxylic acids is 2. The molecule has 0 heterocycles. The van der Waals surface area contributed by atoms with Crippen molar-refractivity contribution in [3.8, 4) is 5.75 Å². The smallest absolute Gasteiger partial charge is 0.341 e. The molecule has 7 atom stereocenters. The molecule has 0 aromatic heterocycles. The second kappa shape index (κ2) is 23.8. The maximum absolute atomic E-state index is 12.4. The zero-order valence-electron chi connectivity index (χ0n) is 31.2. The van der Waals surface area contributed by atoms with Crippen molar-refractivity contribution in [1.82, 2.24) is 10.6 Å². The van der Waals surface area contributed by atoms with Gasteiger partial charge >= 0.3 is 11.9 Å². The third-order valence-electron chi connectivity index (χ3n) is 11.3. The van der Waals surface area contributed by atoms with Crippen molar-refractivity contribution >= 4 is 36.4 Å². The minimum absolute atomic E-state index is 0.0122. The van der Waals surface area contributed by atoms with Crippen molar-refractivity contribution in [2.75, 3.05) is 25.4 Å². The second-order valence-electron chi connectivity index (χ2n) is 15.0. The lowest BCUT2D eigenvalue weighted by molar-refractivity contribution is -0.149. The first-order valence-electron chi connectivity index (χ1n) is 19.8. The number of nitrogens with one attached hydrogen (secondary N) is 2. The molecule has 0 bridgehead atoms. The van der Waals surface area contributed by atoms with Gasteiger partial charge in [0.2, 0.25) is 11.8 Å². The molecule has 2 amide bonds. The Kier molecular flexibility index (Phi) is 19.9. The van der Waals surface area contributed by atoms with Crippen molar-refractivity contribution in [3.05, 3.63) is 29.3 Å². The van der Waals surface area contributed by atoms with Gasteiger partial charge in [-0.25, -0.2) is 4.79 Å². The number of thiol groups is 1. The number of aliphatic hydroxyl groups excluding tert-OH is 1. The van der Waals surface area contributed by atoms with Gasteiger partial charge in [-0.3, -0.25) is 14.4 Å². The molecule has 0 radical (unpaired) electrons. The van der Waals surface area contributed by atoms with Crippen molar-refractivity contribution in [1.29, 1.82) is 0 Å². The first-order valence-corrected chi connectivity index (χ1v) is 20.5. The Balaban J connectivity index is 0.000000282. The molecule has 12 heteroatoms. The summed E-state index contributed by atoms with van der Waals surface area (Å²) in [6.07, 6.45) is 17.7. The van der Waals surface area contributed by atoms with Crippen LogP contribution in [0.3, 0.4) is 0 Å². The summed E-state index contributed by atoms with van der Waals surface area (Å²) >= 11 is 4.15. The van der Waals surface area contributed by atoms with Gasteiger partial charge in [-0.15, -0.1) is 0 Å². The highest BCUT2D eigenvalue weighted by Gasteiger charge is 2.40. The summed E-state index contributed by atoms with van der Waals surface area (Å²) in [4.78, 5) is 46.7. The van der Waals surface area contributed by atoms with E-state index in [9.17, 15) is 29.4 Å². The molecule has 4 rings (SSSR count). The fraction of sp³-hybridized carbons (Fsp3) is 0.750. The van der Waals surface area contributed by atoms with Gasteiger partial charge in [0.05, 0.1) is 17.9 Å². The first kappa shape index (κ1) is 43.6. The Morgan fingerprint density at radius 3 is 2.38 bits per heavy atom. The van der Waals surface area contributed by atoms with Gasteiger partial charge in [-0.1, -0.05) is 64.0 Å². The predicted molar refractivity (Wildman–Crippen MR) is 205 cm³/mol. The van der Waals surface area contributed by atoms with Crippen LogP contribution in [0.5, 0.6) is 5.75 Å². The first-order chi connectivity index (χ1) is 25.1. The number of carboxylic acids is 2. The summed E-state index contributed by atoms with van der Waals surface area (Å²) in [6.45, 7) is 2.45. The molecular formula is C40H65N3O8S. The third kappa shape index (κ3) is 14.2. The van der Waals surface area contributed by atoms with Crippen LogP contribution in [0.2, 0.25) is 0 Å². The summed E-state index contributed by atoms with van der Waals surface area (Å²) in [5.41, 5.74) is 8.17. The second-order valence-corrected chi connectivity index (χ2v) is 15.5. The van der Waals surface area contributed by atoms with Crippen LogP contribution in [0.1, 0.15) is 121 Å². The van der Waals surface area contributed by atoms with E-state index in [1.165, 1.54) is 36.8 Å². The molecule has 1 aromatic carbocycles. The number of aliphatic hydroxyl groups is 1. The van der Waals surface area contributed by atoms with Crippen LogP contribution in [0.15, 0.2) is 18.2 Å². The van der Waals surface area contributed by atoms with Crippen LogP contribution in [0.25, 0.3) is 0 Å². The fourth-order valence-corrected chi connectivity index (χ4v) is 8.59. The SMILES string of the molecule is CCCCCC(O)CCC1CCC2Cc3c(cccc3OCC(=O)O)CC12.NCC(NC(=O)C1CCCCC1C(=O)O)C(=O)NCCCCCCS. The van der Waals surface area contributed by atoms with Crippen LogP contribution >= 0.6 is 12.6 Å². The van der Waals surface area contributed by atoms with E-state index in [-0.39, 0.29) is 31.1 Å². The van der Waals surface area contributed by atoms with E-state index in [0.717, 1.165) is 88.6 Å². The maximum atomic E-state index is 12.4. The lowest BCUT2D eigenvalue weighted by atomic mass is 9.73. The number of hydrogen-bond donors (Lipinski definition) is 7. The zero-order chi connectivity index (χ0) is 37.9. The van der Waals surface area contributed by atoms with Crippen LogP contribution in [0.4, 0.5) is 0 Å². The standard InChI is InChI=1S/C23H34O4.C17H31N3O4S/c1-2-3-4-7-19(24)12-11-16-9-10-18-14-21-17(13-20(16)18)6-5-8-22(21)27-15-23(25)26;18-11-14(16(22)19-9-5-1-2-6-10-25)20-15(21)12-7-3-4-8-13(12)17(23)24/h5-6,8,16,18-20,24H,2-4,7,9-15H2,1H3,(H,25,26);12-14,25H,1-11,18H2,(H,19,22)(H,20,21)(H,23,24).